The van der Waals surface area contributed by atoms with Gasteiger partial charge in [0.25, 0.3) is 5.56 Å². The van der Waals surface area contributed by atoms with E-state index in [-0.39, 0.29) is 16.4 Å². The van der Waals surface area contributed by atoms with Crippen LogP contribution in [0.25, 0.3) is 11.5 Å². The summed E-state index contributed by atoms with van der Waals surface area (Å²) in [5.41, 5.74) is 1.07. The second kappa shape index (κ2) is 5.32. The molecular weight excluding hydrogens is 350 g/mol. The lowest BCUT2D eigenvalue weighted by atomic mass is 9.92. The number of thiazole rings is 1. The Balaban J connectivity index is 2.58. The van der Waals surface area contributed by atoms with E-state index in [0.29, 0.717) is 10.3 Å². The summed E-state index contributed by atoms with van der Waals surface area (Å²) in [5.74, 6) is 0.528. The van der Waals surface area contributed by atoms with Gasteiger partial charge >= 0.3 is 0 Å². The summed E-state index contributed by atoms with van der Waals surface area (Å²) in [6.07, 6.45) is 0. The van der Waals surface area contributed by atoms with Crippen molar-refractivity contribution < 1.29 is 0 Å². The van der Waals surface area contributed by atoms with E-state index in [2.05, 4.69) is 51.7 Å². The Morgan fingerprint density at radius 2 is 1.71 bits per heavy atom. The minimum atomic E-state index is -0.218. The van der Waals surface area contributed by atoms with Crippen LogP contribution in [0.4, 0.5) is 0 Å². The Bertz CT molecular complexity index is 720. The van der Waals surface area contributed by atoms with Gasteiger partial charge in [0.1, 0.15) is 10.2 Å². The van der Waals surface area contributed by atoms with Crippen molar-refractivity contribution in [2.45, 2.75) is 52.4 Å². The van der Waals surface area contributed by atoms with Crippen molar-refractivity contribution in [3.63, 3.8) is 0 Å². The maximum atomic E-state index is 12.1. The molecule has 0 spiro atoms. The average Bonchev–Trinajstić information content (AvgIpc) is 2.80. The van der Waals surface area contributed by atoms with Gasteiger partial charge in [-0.25, -0.2) is 9.97 Å². The summed E-state index contributed by atoms with van der Waals surface area (Å²) < 4.78 is 0.491. The van der Waals surface area contributed by atoms with Crippen LogP contribution >= 0.6 is 27.3 Å². The molecule has 0 bridgehead atoms. The monoisotopic (exact) mass is 369 g/mol. The third-order valence-corrected chi connectivity index (χ3v) is 4.97. The highest BCUT2D eigenvalue weighted by Crippen LogP contribution is 2.30. The molecule has 0 fully saturated rings. The standard InChI is InChI=1S/C15H20BrN3OS/c1-14(2,3)10-9(16)12(20)19-11(18-10)8-7-21-13(17-8)15(4,5)6/h7H,1-6H3,(H,18,19,20). The summed E-state index contributed by atoms with van der Waals surface area (Å²) in [6.45, 7) is 12.5. The van der Waals surface area contributed by atoms with E-state index in [1.807, 2.05) is 26.2 Å². The van der Waals surface area contributed by atoms with Crippen molar-refractivity contribution in [2.75, 3.05) is 0 Å². The number of H-pyrrole nitrogens is 1. The lowest BCUT2D eigenvalue weighted by Gasteiger charge is -2.19. The summed E-state index contributed by atoms with van der Waals surface area (Å²) in [4.78, 5) is 24.1. The molecule has 0 aliphatic heterocycles. The maximum absolute atomic E-state index is 12.1. The van der Waals surface area contributed by atoms with Crippen molar-refractivity contribution in [1.82, 2.24) is 15.0 Å². The Hall–Kier alpha value is -1.01. The van der Waals surface area contributed by atoms with Crippen molar-refractivity contribution >= 4 is 27.3 Å². The minimum Gasteiger partial charge on any atom is -0.304 e. The Kier molecular flexibility index (Phi) is 4.14. The van der Waals surface area contributed by atoms with Gasteiger partial charge in [0.05, 0.1) is 10.7 Å². The van der Waals surface area contributed by atoms with Gasteiger partial charge in [-0.3, -0.25) is 4.79 Å². The second-order valence-corrected chi connectivity index (χ2v) is 8.77. The molecule has 21 heavy (non-hydrogen) atoms. The first kappa shape index (κ1) is 16.4. The number of nitrogens with zero attached hydrogens (tertiary/aromatic N) is 2. The summed E-state index contributed by atoms with van der Waals surface area (Å²) >= 11 is 4.93. The van der Waals surface area contributed by atoms with E-state index in [0.717, 1.165) is 16.4 Å². The van der Waals surface area contributed by atoms with Crippen LogP contribution in [0.15, 0.2) is 14.6 Å². The second-order valence-electron chi connectivity index (χ2n) is 7.12. The van der Waals surface area contributed by atoms with Crippen LogP contribution in [0.5, 0.6) is 0 Å². The van der Waals surface area contributed by atoms with Crippen molar-refractivity contribution in [3.8, 4) is 11.5 Å². The molecule has 4 nitrogen and oxygen atoms in total. The maximum Gasteiger partial charge on any atom is 0.265 e. The lowest BCUT2D eigenvalue weighted by molar-refractivity contribution is 0.562. The number of hydrogen-bond acceptors (Lipinski definition) is 4. The molecule has 0 unspecified atom stereocenters. The van der Waals surface area contributed by atoms with Crippen molar-refractivity contribution in [2.24, 2.45) is 0 Å². The van der Waals surface area contributed by atoms with Crippen LogP contribution < -0.4 is 5.56 Å². The fourth-order valence-corrected chi connectivity index (χ4v) is 3.48. The Morgan fingerprint density at radius 1 is 1.10 bits per heavy atom. The third kappa shape index (κ3) is 3.43. The number of aromatic amines is 1. The molecule has 0 aliphatic rings. The molecule has 2 aromatic heterocycles. The highest BCUT2D eigenvalue weighted by molar-refractivity contribution is 9.10. The molecular formula is C15H20BrN3OS. The molecule has 0 aliphatic carbocycles. The van der Waals surface area contributed by atoms with E-state index in [1.165, 1.54) is 0 Å². The van der Waals surface area contributed by atoms with E-state index in [4.69, 9.17) is 0 Å². The molecule has 2 aromatic rings. The molecule has 0 saturated heterocycles. The fraction of sp³-hybridized carbons (Fsp3) is 0.533. The van der Waals surface area contributed by atoms with Gasteiger partial charge in [0.2, 0.25) is 0 Å². The largest absolute Gasteiger partial charge is 0.304 e. The Morgan fingerprint density at radius 3 is 2.19 bits per heavy atom. The van der Waals surface area contributed by atoms with Crippen LogP contribution in [-0.4, -0.2) is 15.0 Å². The number of halogens is 1. The lowest BCUT2D eigenvalue weighted by Crippen LogP contribution is -2.22. The normalized spacial score (nSPS) is 12.7. The van der Waals surface area contributed by atoms with Crippen LogP contribution in [0.3, 0.4) is 0 Å². The Labute approximate surface area is 137 Å². The zero-order valence-electron chi connectivity index (χ0n) is 13.2. The molecule has 0 amide bonds. The fourth-order valence-electron chi connectivity index (χ4n) is 1.80. The predicted octanol–water partition coefficient (Wildman–Crippen LogP) is 4.25. The molecule has 2 rings (SSSR count). The first-order chi connectivity index (χ1) is 9.50. The number of aromatic nitrogens is 3. The topological polar surface area (TPSA) is 58.6 Å². The molecule has 1 N–H and O–H groups in total. The van der Waals surface area contributed by atoms with E-state index in [1.54, 1.807) is 11.3 Å². The van der Waals surface area contributed by atoms with Gasteiger partial charge in [-0.05, 0) is 15.9 Å². The van der Waals surface area contributed by atoms with Gasteiger partial charge in [-0.15, -0.1) is 11.3 Å². The first-order valence-corrected chi connectivity index (χ1v) is 8.44. The van der Waals surface area contributed by atoms with Gasteiger partial charge in [0.15, 0.2) is 5.82 Å². The zero-order valence-corrected chi connectivity index (χ0v) is 15.6. The molecule has 114 valence electrons. The van der Waals surface area contributed by atoms with E-state index >= 15 is 0 Å². The van der Waals surface area contributed by atoms with Crippen LogP contribution in [0, 0.1) is 0 Å². The molecule has 2 heterocycles. The third-order valence-electron chi connectivity index (χ3n) is 2.96. The predicted molar refractivity (Wildman–Crippen MR) is 91.1 cm³/mol. The van der Waals surface area contributed by atoms with E-state index < -0.39 is 0 Å². The smallest absolute Gasteiger partial charge is 0.265 e. The van der Waals surface area contributed by atoms with Crippen molar-refractivity contribution in [3.05, 3.63) is 30.9 Å². The number of hydrogen-bond donors (Lipinski definition) is 1. The van der Waals surface area contributed by atoms with Crippen LogP contribution in [0.1, 0.15) is 52.2 Å². The number of rotatable bonds is 1. The van der Waals surface area contributed by atoms with Crippen LogP contribution in [-0.2, 0) is 10.8 Å². The molecule has 6 heteroatoms. The molecule has 0 aromatic carbocycles. The van der Waals surface area contributed by atoms with Crippen molar-refractivity contribution in [1.29, 1.82) is 0 Å². The summed E-state index contributed by atoms with van der Waals surface area (Å²) in [5, 5.41) is 2.97. The molecule has 0 atom stereocenters. The molecule has 0 saturated carbocycles. The average molecular weight is 370 g/mol. The zero-order chi connectivity index (χ0) is 16.0. The number of nitrogens with one attached hydrogen (secondary N) is 1. The first-order valence-electron chi connectivity index (χ1n) is 6.77. The SMILES string of the molecule is CC(C)(C)c1nc(-c2nc(C(C)(C)C)c(Br)c(=O)[nH]2)cs1. The quantitative estimate of drug-likeness (QED) is 0.816. The minimum absolute atomic E-state index is 0.00850. The highest BCUT2D eigenvalue weighted by atomic mass is 79.9. The summed E-state index contributed by atoms with van der Waals surface area (Å²) in [7, 11) is 0. The van der Waals surface area contributed by atoms with E-state index in [9.17, 15) is 4.79 Å². The van der Waals surface area contributed by atoms with Gasteiger partial charge in [-0.2, -0.15) is 0 Å². The van der Waals surface area contributed by atoms with Gasteiger partial charge in [-0.1, -0.05) is 41.5 Å². The molecule has 0 radical (unpaired) electrons. The van der Waals surface area contributed by atoms with Gasteiger partial charge < -0.3 is 4.98 Å². The summed E-state index contributed by atoms with van der Waals surface area (Å²) in [6, 6.07) is 0. The van der Waals surface area contributed by atoms with Gasteiger partial charge in [0, 0.05) is 16.2 Å². The highest BCUT2D eigenvalue weighted by Gasteiger charge is 2.24. The van der Waals surface area contributed by atoms with Crippen LogP contribution in [0.2, 0.25) is 0 Å².